The molecule has 148 valence electrons. The SMILES string of the molecule is O=C(COc1cccc(N2CCCC2=O)c1)NCc1csc(-c2ccccc2)n1. The van der Waals surface area contributed by atoms with Gasteiger partial charge >= 0.3 is 0 Å². The fourth-order valence-electron chi connectivity index (χ4n) is 3.15. The lowest BCUT2D eigenvalue weighted by molar-refractivity contribution is -0.123. The number of hydrogen-bond donors (Lipinski definition) is 1. The Morgan fingerprint density at radius 3 is 2.83 bits per heavy atom. The number of benzene rings is 2. The summed E-state index contributed by atoms with van der Waals surface area (Å²) in [6, 6.07) is 17.2. The van der Waals surface area contributed by atoms with Crippen LogP contribution in [-0.2, 0) is 16.1 Å². The molecule has 1 saturated heterocycles. The maximum Gasteiger partial charge on any atom is 0.258 e. The van der Waals surface area contributed by atoms with Gasteiger partial charge in [-0.1, -0.05) is 36.4 Å². The number of ether oxygens (including phenoxy) is 1. The third-order valence-corrected chi connectivity index (χ3v) is 5.55. The van der Waals surface area contributed by atoms with Crippen molar-refractivity contribution in [3.8, 4) is 16.3 Å². The number of thiazole rings is 1. The number of carbonyl (C=O) groups is 2. The second-order valence-electron chi connectivity index (χ2n) is 6.72. The average molecular weight is 407 g/mol. The Bertz CT molecular complexity index is 1000. The van der Waals surface area contributed by atoms with E-state index in [4.69, 9.17) is 4.74 Å². The van der Waals surface area contributed by atoms with Gasteiger partial charge in [-0.3, -0.25) is 9.59 Å². The molecule has 2 aromatic carbocycles. The first-order valence-corrected chi connectivity index (χ1v) is 10.4. The maximum absolute atomic E-state index is 12.1. The van der Waals surface area contributed by atoms with E-state index >= 15 is 0 Å². The molecule has 2 amide bonds. The normalized spacial score (nSPS) is 13.5. The molecule has 3 aromatic rings. The van der Waals surface area contributed by atoms with Gasteiger partial charge < -0.3 is 15.0 Å². The zero-order valence-corrected chi connectivity index (χ0v) is 16.7. The van der Waals surface area contributed by atoms with Gasteiger partial charge in [0.2, 0.25) is 5.91 Å². The summed E-state index contributed by atoms with van der Waals surface area (Å²) in [5, 5.41) is 5.70. The summed E-state index contributed by atoms with van der Waals surface area (Å²) < 4.78 is 5.60. The number of hydrogen-bond acceptors (Lipinski definition) is 5. The maximum atomic E-state index is 12.1. The van der Waals surface area contributed by atoms with Crippen molar-refractivity contribution in [1.29, 1.82) is 0 Å². The molecule has 2 heterocycles. The molecule has 7 heteroatoms. The van der Waals surface area contributed by atoms with Crippen molar-refractivity contribution in [2.24, 2.45) is 0 Å². The van der Waals surface area contributed by atoms with Crippen molar-refractivity contribution in [1.82, 2.24) is 10.3 Å². The fraction of sp³-hybridized carbons (Fsp3) is 0.227. The largest absolute Gasteiger partial charge is 0.484 e. The van der Waals surface area contributed by atoms with Gasteiger partial charge in [-0.15, -0.1) is 11.3 Å². The van der Waals surface area contributed by atoms with E-state index in [2.05, 4.69) is 10.3 Å². The van der Waals surface area contributed by atoms with Crippen LogP contribution < -0.4 is 15.0 Å². The van der Waals surface area contributed by atoms with Gasteiger partial charge in [-0.25, -0.2) is 4.98 Å². The average Bonchev–Trinajstić information content (AvgIpc) is 3.41. The third kappa shape index (κ3) is 4.81. The van der Waals surface area contributed by atoms with Crippen LogP contribution in [0.5, 0.6) is 5.75 Å². The molecule has 1 aliphatic heterocycles. The number of carbonyl (C=O) groups excluding carboxylic acids is 2. The molecular formula is C22H21N3O3S. The zero-order valence-electron chi connectivity index (χ0n) is 15.8. The molecule has 0 unspecified atom stereocenters. The van der Waals surface area contributed by atoms with Gasteiger partial charge in [-0.05, 0) is 18.6 Å². The van der Waals surface area contributed by atoms with Gasteiger partial charge in [0.1, 0.15) is 10.8 Å². The lowest BCUT2D eigenvalue weighted by atomic mass is 10.2. The summed E-state index contributed by atoms with van der Waals surface area (Å²) in [7, 11) is 0. The van der Waals surface area contributed by atoms with E-state index in [-0.39, 0.29) is 18.4 Å². The number of amides is 2. The van der Waals surface area contributed by atoms with Crippen LogP contribution in [-0.4, -0.2) is 29.9 Å². The predicted octanol–water partition coefficient (Wildman–Crippen LogP) is 3.63. The smallest absolute Gasteiger partial charge is 0.258 e. The zero-order chi connectivity index (χ0) is 20.1. The predicted molar refractivity (Wildman–Crippen MR) is 113 cm³/mol. The van der Waals surface area contributed by atoms with E-state index in [1.54, 1.807) is 28.4 Å². The molecule has 0 aliphatic carbocycles. The first-order chi connectivity index (χ1) is 14.2. The van der Waals surface area contributed by atoms with Crippen LogP contribution in [0.15, 0.2) is 60.0 Å². The molecule has 0 saturated carbocycles. The summed E-state index contributed by atoms with van der Waals surface area (Å²) >= 11 is 1.55. The van der Waals surface area contributed by atoms with E-state index in [0.717, 1.165) is 34.9 Å². The summed E-state index contributed by atoms with van der Waals surface area (Å²) in [6.07, 6.45) is 1.45. The lowest BCUT2D eigenvalue weighted by Crippen LogP contribution is -2.28. The van der Waals surface area contributed by atoms with E-state index < -0.39 is 0 Å². The van der Waals surface area contributed by atoms with Crippen molar-refractivity contribution in [2.45, 2.75) is 19.4 Å². The minimum Gasteiger partial charge on any atom is -0.484 e. The summed E-state index contributed by atoms with van der Waals surface area (Å²) in [5.74, 6) is 0.470. The van der Waals surface area contributed by atoms with Crippen LogP contribution in [0, 0.1) is 0 Å². The van der Waals surface area contributed by atoms with Crippen LogP contribution >= 0.6 is 11.3 Å². The van der Waals surface area contributed by atoms with Crippen LogP contribution in [0.25, 0.3) is 10.6 Å². The topological polar surface area (TPSA) is 71.5 Å². The number of anilines is 1. The molecule has 0 spiro atoms. The van der Waals surface area contributed by atoms with E-state index in [1.165, 1.54) is 0 Å². The van der Waals surface area contributed by atoms with Crippen LogP contribution in [0.1, 0.15) is 18.5 Å². The lowest BCUT2D eigenvalue weighted by Gasteiger charge is -2.16. The van der Waals surface area contributed by atoms with E-state index in [0.29, 0.717) is 18.7 Å². The first-order valence-electron chi connectivity index (χ1n) is 9.49. The van der Waals surface area contributed by atoms with Crippen molar-refractivity contribution in [3.05, 3.63) is 65.7 Å². The second kappa shape index (κ2) is 8.87. The molecule has 29 heavy (non-hydrogen) atoms. The fourth-order valence-corrected chi connectivity index (χ4v) is 3.98. The molecule has 1 aromatic heterocycles. The molecule has 0 radical (unpaired) electrons. The van der Waals surface area contributed by atoms with Gasteiger partial charge in [-0.2, -0.15) is 0 Å². The van der Waals surface area contributed by atoms with Crippen LogP contribution in [0.4, 0.5) is 5.69 Å². The van der Waals surface area contributed by atoms with Crippen LogP contribution in [0.3, 0.4) is 0 Å². The highest BCUT2D eigenvalue weighted by Crippen LogP contribution is 2.25. The van der Waals surface area contributed by atoms with Crippen molar-refractivity contribution in [3.63, 3.8) is 0 Å². The standard InChI is InChI=1S/C22H21N3O3S/c26-20(23-13-17-15-29-22(24-17)16-6-2-1-3-7-16)14-28-19-9-4-8-18(12-19)25-11-5-10-21(25)27/h1-4,6-9,12,15H,5,10-11,13-14H2,(H,23,26). The molecular weight excluding hydrogens is 386 g/mol. The molecule has 4 rings (SSSR count). The summed E-state index contributed by atoms with van der Waals surface area (Å²) in [4.78, 5) is 30.3. The van der Waals surface area contributed by atoms with E-state index in [9.17, 15) is 9.59 Å². The number of rotatable bonds is 7. The number of nitrogens with zero attached hydrogens (tertiary/aromatic N) is 2. The molecule has 1 fully saturated rings. The van der Waals surface area contributed by atoms with E-state index in [1.807, 2.05) is 47.8 Å². The Hall–Kier alpha value is -3.19. The first kappa shape index (κ1) is 19.1. The monoisotopic (exact) mass is 407 g/mol. The summed E-state index contributed by atoms with van der Waals surface area (Å²) in [6.45, 7) is 0.988. The van der Waals surface area contributed by atoms with Crippen molar-refractivity contribution < 1.29 is 14.3 Å². The molecule has 0 atom stereocenters. The summed E-state index contributed by atoms with van der Waals surface area (Å²) in [5.41, 5.74) is 2.69. The van der Waals surface area contributed by atoms with Gasteiger partial charge in [0, 0.05) is 35.7 Å². The minimum absolute atomic E-state index is 0.0902. The minimum atomic E-state index is -0.220. The van der Waals surface area contributed by atoms with Gasteiger partial charge in [0.15, 0.2) is 6.61 Å². The highest BCUT2D eigenvalue weighted by molar-refractivity contribution is 7.13. The van der Waals surface area contributed by atoms with Crippen molar-refractivity contribution >= 4 is 28.8 Å². The molecule has 1 aliphatic rings. The highest BCUT2D eigenvalue weighted by atomic mass is 32.1. The third-order valence-electron chi connectivity index (χ3n) is 4.61. The van der Waals surface area contributed by atoms with Gasteiger partial charge in [0.05, 0.1) is 12.2 Å². The van der Waals surface area contributed by atoms with Gasteiger partial charge in [0.25, 0.3) is 5.91 Å². The number of aromatic nitrogens is 1. The van der Waals surface area contributed by atoms with Crippen molar-refractivity contribution in [2.75, 3.05) is 18.1 Å². The Labute approximate surface area is 173 Å². The number of nitrogens with one attached hydrogen (secondary N) is 1. The van der Waals surface area contributed by atoms with Crippen LogP contribution in [0.2, 0.25) is 0 Å². The molecule has 0 bridgehead atoms. The quantitative estimate of drug-likeness (QED) is 0.649. The molecule has 1 N–H and O–H groups in total. The Morgan fingerprint density at radius 2 is 2.03 bits per heavy atom. The molecule has 6 nitrogen and oxygen atoms in total. The Balaban J connectivity index is 1.28. The second-order valence-corrected chi connectivity index (χ2v) is 7.58. The Kier molecular flexibility index (Phi) is 5.86. The highest BCUT2D eigenvalue weighted by Gasteiger charge is 2.21. The Morgan fingerprint density at radius 1 is 1.17 bits per heavy atom.